The Balaban J connectivity index is 2.56. The van der Waals surface area contributed by atoms with Gasteiger partial charge in [-0.05, 0) is 29.7 Å². The van der Waals surface area contributed by atoms with E-state index in [2.05, 4.69) is 16.2 Å². The standard InChI is InChI=1S/C12H11NOS/c1-14-10-3-4-12-11(7-10)9(8-13-12)5-6-15-2/h3-4,7-8,13H,1-2H3. The van der Waals surface area contributed by atoms with Crippen LogP contribution in [0.4, 0.5) is 0 Å². The Hall–Kier alpha value is -1.53. The zero-order chi connectivity index (χ0) is 10.7. The summed E-state index contributed by atoms with van der Waals surface area (Å²) < 4.78 is 5.18. The highest BCUT2D eigenvalue weighted by atomic mass is 32.2. The molecule has 0 unspecified atom stereocenters. The lowest BCUT2D eigenvalue weighted by molar-refractivity contribution is 0.415. The summed E-state index contributed by atoms with van der Waals surface area (Å²) >= 11 is 1.51. The maximum Gasteiger partial charge on any atom is 0.119 e. The zero-order valence-electron chi connectivity index (χ0n) is 8.63. The summed E-state index contributed by atoms with van der Waals surface area (Å²) in [5.41, 5.74) is 2.10. The molecule has 3 heteroatoms. The number of hydrogen-bond acceptors (Lipinski definition) is 2. The molecule has 2 nitrogen and oxygen atoms in total. The van der Waals surface area contributed by atoms with Gasteiger partial charge in [0.05, 0.1) is 12.7 Å². The molecule has 1 heterocycles. The summed E-state index contributed by atoms with van der Waals surface area (Å²) in [7, 11) is 1.67. The second-order valence-electron chi connectivity index (χ2n) is 3.05. The van der Waals surface area contributed by atoms with Crippen molar-refractivity contribution in [3.63, 3.8) is 0 Å². The Morgan fingerprint density at radius 2 is 2.27 bits per heavy atom. The van der Waals surface area contributed by atoms with E-state index in [1.807, 2.05) is 30.7 Å². The summed E-state index contributed by atoms with van der Waals surface area (Å²) in [6, 6.07) is 5.93. The monoisotopic (exact) mass is 217 g/mol. The molecule has 0 spiro atoms. The molecule has 1 aromatic heterocycles. The predicted octanol–water partition coefficient (Wildman–Crippen LogP) is 2.85. The number of aromatic nitrogens is 1. The SMILES string of the molecule is COc1ccc2[nH]cc(C#CSC)c2c1. The smallest absolute Gasteiger partial charge is 0.119 e. The van der Waals surface area contributed by atoms with Crippen LogP contribution in [-0.4, -0.2) is 18.3 Å². The van der Waals surface area contributed by atoms with Crippen molar-refractivity contribution in [2.24, 2.45) is 0 Å². The molecule has 76 valence electrons. The van der Waals surface area contributed by atoms with Gasteiger partial charge in [0.1, 0.15) is 5.75 Å². The lowest BCUT2D eigenvalue weighted by atomic mass is 10.2. The molecule has 15 heavy (non-hydrogen) atoms. The minimum atomic E-state index is 0.856. The number of methoxy groups -OCH3 is 1. The molecule has 2 rings (SSSR count). The molecular formula is C12H11NOS. The minimum absolute atomic E-state index is 0.856. The number of thioether (sulfide) groups is 1. The molecule has 0 bridgehead atoms. The topological polar surface area (TPSA) is 25.0 Å². The number of hydrogen-bond donors (Lipinski definition) is 1. The van der Waals surface area contributed by atoms with Crippen LogP contribution in [-0.2, 0) is 0 Å². The van der Waals surface area contributed by atoms with Gasteiger partial charge in [0.25, 0.3) is 0 Å². The largest absolute Gasteiger partial charge is 0.497 e. The Morgan fingerprint density at radius 1 is 1.40 bits per heavy atom. The molecule has 2 aromatic rings. The molecule has 0 saturated heterocycles. The first-order valence-electron chi connectivity index (χ1n) is 4.54. The number of rotatable bonds is 1. The highest BCUT2D eigenvalue weighted by molar-refractivity contribution is 8.03. The Labute approximate surface area is 93.0 Å². The van der Waals surface area contributed by atoms with Gasteiger partial charge in [-0.3, -0.25) is 0 Å². The van der Waals surface area contributed by atoms with Gasteiger partial charge >= 0.3 is 0 Å². The molecule has 0 saturated carbocycles. The lowest BCUT2D eigenvalue weighted by Crippen LogP contribution is -1.81. The normalized spacial score (nSPS) is 9.73. The second kappa shape index (κ2) is 4.33. The fourth-order valence-electron chi connectivity index (χ4n) is 1.44. The average molecular weight is 217 g/mol. The first-order chi connectivity index (χ1) is 7.35. The molecular weight excluding hydrogens is 206 g/mol. The molecule has 0 aliphatic carbocycles. The molecule has 0 fully saturated rings. The molecule has 0 aliphatic heterocycles. The van der Waals surface area contributed by atoms with Gasteiger partial charge in [-0.25, -0.2) is 0 Å². The van der Waals surface area contributed by atoms with E-state index < -0.39 is 0 Å². The molecule has 0 atom stereocenters. The van der Waals surface area contributed by atoms with Gasteiger partial charge in [0, 0.05) is 17.1 Å². The highest BCUT2D eigenvalue weighted by Crippen LogP contribution is 2.22. The molecule has 1 aromatic carbocycles. The molecule has 0 amide bonds. The molecule has 1 N–H and O–H groups in total. The summed E-state index contributed by atoms with van der Waals surface area (Å²) in [4.78, 5) is 3.18. The summed E-state index contributed by atoms with van der Waals surface area (Å²) in [5.74, 6) is 3.95. The zero-order valence-corrected chi connectivity index (χ0v) is 9.44. The first-order valence-corrected chi connectivity index (χ1v) is 5.76. The van der Waals surface area contributed by atoms with E-state index in [9.17, 15) is 0 Å². The van der Waals surface area contributed by atoms with Crippen molar-refractivity contribution >= 4 is 22.7 Å². The summed E-state index contributed by atoms with van der Waals surface area (Å²) in [6.45, 7) is 0. The van der Waals surface area contributed by atoms with E-state index in [1.165, 1.54) is 11.8 Å². The van der Waals surface area contributed by atoms with Crippen molar-refractivity contribution in [2.45, 2.75) is 0 Å². The number of fused-ring (bicyclic) bond motifs is 1. The van der Waals surface area contributed by atoms with Gasteiger partial charge < -0.3 is 9.72 Å². The number of aromatic amines is 1. The number of H-pyrrole nitrogens is 1. The average Bonchev–Trinajstić information content (AvgIpc) is 2.68. The maximum absolute atomic E-state index is 5.18. The van der Waals surface area contributed by atoms with Crippen molar-refractivity contribution in [3.05, 3.63) is 30.0 Å². The van der Waals surface area contributed by atoms with Gasteiger partial charge in [-0.2, -0.15) is 0 Å². The van der Waals surface area contributed by atoms with Crippen molar-refractivity contribution in [3.8, 4) is 16.9 Å². The van der Waals surface area contributed by atoms with Crippen molar-refractivity contribution in [2.75, 3.05) is 13.4 Å². The van der Waals surface area contributed by atoms with E-state index in [0.29, 0.717) is 0 Å². The van der Waals surface area contributed by atoms with Crippen LogP contribution in [0.3, 0.4) is 0 Å². The van der Waals surface area contributed by atoms with Crippen LogP contribution in [0.2, 0.25) is 0 Å². The Morgan fingerprint density at radius 3 is 3.00 bits per heavy atom. The fourth-order valence-corrected chi connectivity index (χ4v) is 1.65. The van der Waals surface area contributed by atoms with Gasteiger partial charge in [-0.1, -0.05) is 17.7 Å². The van der Waals surface area contributed by atoms with E-state index >= 15 is 0 Å². The van der Waals surface area contributed by atoms with Gasteiger partial charge in [0.2, 0.25) is 0 Å². The van der Waals surface area contributed by atoms with E-state index in [1.54, 1.807) is 7.11 Å². The van der Waals surface area contributed by atoms with E-state index in [4.69, 9.17) is 4.74 Å². The third kappa shape index (κ3) is 1.95. The van der Waals surface area contributed by atoms with Crippen LogP contribution in [0.15, 0.2) is 24.4 Å². The quantitative estimate of drug-likeness (QED) is 0.743. The van der Waals surface area contributed by atoms with Gasteiger partial charge in [-0.15, -0.1) is 0 Å². The van der Waals surface area contributed by atoms with Crippen molar-refractivity contribution < 1.29 is 4.74 Å². The van der Waals surface area contributed by atoms with E-state index in [-0.39, 0.29) is 0 Å². The Bertz CT molecular complexity index is 533. The van der Waals surface area contributed by atoms with Crippen LogP contribution < -0.4 is 4.74 Å². The van der Waals surface area contributed by atoms with Crippen molar-refractivity contribution in [1.82, 2.24) is 4.98 Å². The third-order valence-electron chi connectivity index (χ3n) is 2.18. The first kappa shape index (κ1) is 10.0. The van der Waals surface area contributed by atoms with Crippen LogP contribution in [0.5, 0.6) is 5.75 Å². The summed E-state index contributed by atoms with van der Waals surface area (Å²) in [5, 5.41) is 4.09. The van der Waals surface area contributed by atoms with Crippen LogP contribution in [0.1, 0.15) is 5.56 Å². The van der Waals surface area contributed by atoms with Crippen LogP contribution in [0, 0.1) is 11.2 Å². The summed E-state index contributed by atoms with van der Waals surface area (Å²) in [6.07, 6.45) is 3.88. The van der Waals surface area contributed by atoms with Crippen molar-refractivity contribution in [1.29, 1.82) is 0 Å². The maximum atomic E-state index is 5.18. The number of nitrogens with one attached hydrogen (secondary N) is 1. The predicted molar refractivity (Wildman–Crippen MR) is 65.2 cm³/mol. The minimum Gasteiger partial charge on any atom is -0.497 e. The van der Waals surface area contributed by atoms with Gasteiger partial charge in [0.15, 0.2) is 0 Å². The second-order valence-corrected chi connectivity index (χ2v) is 3.66. The number of ether oxygens (including phenoxy) is 1. The highest BCUT2D eigenvalue weighted by Gasteiger charge is 2.02. The fraction of sp³-hybridized carbons (Fsp3) is 0.167. The van der Waals surface area contributed by atoms with E-state index in [0.717, 1.165) is 22.2 Å². The van der Waals surface area contributed by atoms with Crippen LogP contribution in [0.25, 0.3) is 10.9 Å². The Kier molecular flexibility index (Phi) is 2.89. The number of benzene rings is 1. The third-order valence-corrected chi connectivity index (χ3v) is 2.48. The molecule has 0 aliphatic rings. The lowest BCUT2D eigenvalue weighted by Gasteiger charge is -1.98. The molecule has 0 radical (unpaired) electrons. The van der Waals surface area contributed by atoms with Crippen LogP contribution >= 0.6 is 11.8 Å².